The average molecular weight is 138 g/mol. The van der Waals surface area contributed by atoms with Crippen molar-refractivity contribution in [2.24, 2.45) is 5.73 Å². The van der Waals surface area contributed by atoms with Gasteiger partial charge in [0.2, 0.25) is 0 Å². The zero-order chi connectivity index (χ0) is 6.28. The summed E-state index contributed by atoms with van der Waals surface area (Å²) in [6.45, 7) is 3.01. The van der Waals surface area contributed by atoms with Crippen LogP contribution in [0.4, 0.5) is 0 Å². The van der Waals surface area contributed by atoms with Crippen molar-refractivity contribution >= 4 is 29.2 Å². The van der Waals surface area contributed by atoms with Crippen molar-refractivity contribution in [2.45, 2.75) is 6.92 Å². The lowest BCUT2D eigenvalue weighted by Gasteiger charge is -1.83. The molecule has 0 bridgehead atoms. The summed E-state index contributed by atoms with van der Waals surface area (Å²) in [4.78, 5) is 0. The number of hydrogen-bond donors (Lipinski definition) is 2. The lowest BCUT2D eigenvalue weighted by Crippen LogP contribution is -2.48. The van der Waals surface area contributed by atoms with Gasteiger partial charge in [-0.3, -0.25) is 0 Å². The molecule has 0 aliphatic heterocycles. The molecule has 0 saturated carbocycles. The molecule has 0 amide bonds. The van der Waals surface area contributed by atoms with Gasteiger partial charge in [-0.25, -0.2) is 0 Å². The van der Waals surface area contributed by atoms with Crippen molar-refractivity contribution in [2.75, 3.05) is 6.54 Å². The first-order chi connectivity index (χ1) is 3.15. The molecule has 0 aromatic rings. The minimum atomic E-state index is 0.0833. The second-order valence-corrected chi connectivity index (χ2v) is 1.96. The number of rotatable bonds is 0. The summed E-state index contributed by atoms with van der Waals surface area (Å²) in [5, 5.41) is 0. The molecule has 0 aromatic heterocycles. The maximum Gasteiger partial charge on any atom is 0.0711 e. The molecule has 0 saturated heterocycles. The SMILES string of the molecule is CC[NH3+].NC(=S)[S-]. The van der Waals surface area contributed by atoms with Crippen LogP contribution in [0.15, 0.2) is 0 Å². The second-order valence-electron chi connectivity index (χ2n) is 0.819. The molecule has 44 valence electrons. The molecule has 0 atom stereocenters. The Labute approximate surface area is 54.7 Å². The summed E-state index contributed by atoms with van der Waals surface area (Å²) in [6.07, 6.45) is 0. The molecular formula is C3H10N2S2. The molecule has 4 heteroatoms. The number of hydrogen-bond acceptors (Lipinski definition) is 2. The predicted molar refractivity (Wildman–Crippen MR) is 37.6 cm³/mol. The maximum absolute atomic E-state index is 4.66. The van der Waals surface area contributed by atoms with Gasteiger partial charge in [0, 0.05) is 0 Å². The number of quaternary nitrogens is 1. The Morgan fingerprint density at radius 1 is 2.00 bits per heavy atom. The zero-order valence-electron chi connectivity index (χ0n) is 4.31. The second kappa shape index (κ2) is 9.42. The van der Waals surface area contributed by atoms with E-state index in [9.17, 15) is 0 Å². The summed E-state index contributed by atoms with van der Waals surface area (Å²) in [7, 11) is 0. The van der Waals surface area contributed by atoms with E-state index in [1.165, 1.54) is 0 Å². The van der Waals surface area contributed by atoms with Crippen LogP contribution in [0.1, 0.15) is 6.92 Å². The van der Waals surface area contributed by atoms with Crippen molar-refractivity contribution in [3.63, 3.8) is 0 Å². The molecular weight excluding hydrogens is 128 g/mol. The zero-order valence-corrected chi connectivity index (χ0v) is 5.94. The maximum atomic E-state index is 4.66. The topological polar surface area (TPSA) is 53.7 Å². The van der Waals surface area contributed by atoms with Gasteiger partial charge in [0.05, 0.1) is 6.54 Å². The van der Waals surface area contributed by atoms with Crippen LogP contribution in [-0.4, -0.2) is 10.9 Å². The van der Waals surface area contributed by atoms with Gasteiger partial charge in [-0.05, 0) is 6.92 Å². The van der Waals surface area contributed by atoms with E-state index < -0.39 is 0 Å². The van der Waals surface area contributed by atoms with E-state index in [1.54, 1.807) is 0 Å². The van der Waals surface area contributed by atoms with Crippen LogP contribution in [0.5, 0.6) is 0 Å². The van der Waals surface area contributed by atoms with Crippen LogP contribution < -0.4 is 11.5 Å². The Hall–Kier alpha value is 0.0700. The monoisotopic (exact) mass is 138 g/mol. The molecule has 0 unspecified atom stereocenters. The fraction of sp³-hybridized carbons (Fsp3) is 0.667. The Morgan fingerprint density at radius 2 is 2.00 bits per heavy atom. The fourth-order valence-corrected chi connectivity index (χ4v) is 0. The standard InChI is InChI=1S/C2H7N.CH3NS2/c1-2-3;2-1(3)4/h2-3H2,1H3;(H3,2,3,4). The van der Waals surface area contributed by atoms with Crippen molar-refractivity contribution < 1.29 is 5.73 Å². The first-order valence-electron chi connectivity index (χ1n) is 1.90. The van der Waals surface area contributed by atoms with Crippen LogP contribution in [0.2, 0.25) is 0 Å². The summed E-state index contributed by atoms with van der Waals surface area (Å²) in [5.41, 5.74) is 8.14. The van der Waals surface area contributed by atoms with E-state index in [4.69, 9.17) is 0 Å². The van der Waals surface area contributed by atoms with Gasteiger partial charge in [-0.1, -0.05) is 4.32 Å². The summed E-state index contributed by atoms with van der Waals surface area (Å²) < 4.78 is 0.0833. The van der Waals surface area contributed by atoms with E-state index in [2.05, 4.69) is 36.3 Å². The van der Waals surface area contributed by atoms with Gasteiger partial charge in [0.15, 0.2) is 0 Å². The minimum absolute atomic E-state index is 0.0833. The van der Waals surface area contributed by atoms with Gasteiger partial charge in [0.1, 0.15) is 0 Å². The van der Waals surface area contributed by atoms with Crippen molar-refractivity contribution in [3.8, 4) is 0 Å². The summed E-state index contributed by atoms with van der Waals surface area (Å²) >= 11 is 8.26. The molecule has 0 fully saturated rings. The molecule has 0 radical (unpaired) electrons. The van der Waals surface area contributed by atoms with Crippen LogP contribution >= 0.6 is 12.2 Å². The Kier molecular flexibility index (Phi) is 13.6. The van der Waals surface area contributed by atoms with Gasteiger partial charge in [0.25, 0.3) is 0 Å². The smallest absolute Gasteiger partial charge is 0.0711 e. The first kappa shape index (κ1) is 10.1. The van der Waals surface area contributed by atoms with Gasteiger partial charge in [-0.2, -0.15) is 0 Å². The highest BCUT2D eigenvalue weighted by Gasteiger charge is 1.37. The molecule has 0 aromatic carbocycles. The third-order valence-electron chi connectivity index (χ3n) is 0. The third kappa shape index (κ3) is 20500. The molecule has 7 heavy (non-hydrogen) atoms. The van der Waals surface area contributed by atoms with E-state index in [1.807, 2.05) is 6.92 Å². The van der Waals surface area contributed by atoms with E-state index in [-0.39, 0.29) is 4.32 Å². The molecule has 2 nitrogen and oxygen atoms in total. The number of thiocarbonyl (C=S) groups is 1. The van der Waals surface area contributed by atoms with Gasteiger partial charge < -0.3 is 36.3 Å². The largest absolute Gasteiger partial charge is 0.415 e. The lowest BCUT2D eigenvalue weighted by atomic mass is 10.8. The first-order valence-corrected chi connectivity index (χ1v) is 2.72. The van der Waals surface area contributed by atoms with Crippen LogP contribution in [0.3, 0.4) is 0 Å². The molecule has 0 aliphatic carbocycles. The van der Waals surface area contributed by atoms with Gasteiger partial charge in [-0.15, -0.1) is 0 Å². The van der Waals surface area contributed by atoms with Crippen molar-refractivity contribution in [1.29, 1.82) is 0 Å². The Bertz CT molecular complexity index is 42.2. The molecule has 0 aliphatic rings. The number of nitrogens with two attached hydrogens (primary N) is 1. The third-order valence-corrected chi connectivity index (χ3v) is 0. The Morgan fingerprint density at radius 3 is 2.00 bits per heavy atom. The molecule has 5 N–H and O–H groups in total. The van der Waals surface area contributed by atoms with Crippen LogP contribution in [0, 0.1) is 0 Å². The van der Waals surface area contributed by atoms with Gasteiger partial charge >= 0.3 is 0 Å². The molecule has 0 heterocycles. The highest BCUT2D eigenvalue weighted by molar-refractivity contribution is 8.00. The lowest BCUT2D eigenvalue weighted by molar-refractivity contribution is -0.361. The minimum Gasteiger partial charge on any atom is -0.415 e. The summed E-state index contributed by atoms with van der Waals surface area (Å²) in [6, 6.07) is 0. The van der Waals surface area contributed by atoms with Crippen molar-refractivity contribution in [1.82, 2.24) is 0 Å². The molecule has 0 rings (SSSR count). The highest BCUT2D eigenvalue weighted by atomic mass is 32.1. The highest BCUT2D eigenvalue weighted by Crippen LogP contribution is 1.45. The van der Waals surface area contributed by atoms with E-state index in [0.717, 1.165) is 6.54 Å². The Balaban J connectivity index is 0. The van der Waals surface area contributed by atoms with E-state index >= 15 is 0 Å². The normalized spacial score (nSPS) is 6.00. The predicted octanol–water partition coefficient (Wildman–Crippen LogP) is -0.975. The van der Waals surface area contributed by atoms with E-state index in [0.29, 0.717) is 0 Å². The van der Waals surface area contributed by atoms with Crippen LogP contribution in [-0.2, 0) is 12.6 Å². The van der Waals surface area contributed by atoms with Crippen molar-refractivity contribution in [3.05, 3.63) is 0 Å². The summed E-state index contributed by atoms with van der Waals surface area (Å²) in [5.74, 6) is 0. The molecule has 0 spiro atoms. The fourth-order valence-electron chi connectivity index (χ4n) is 0. The van der Waals surface area contributed by atoms with Crippen LogP contribution in [0.25, 0.3) is 0 Å². The quantitative estimate of drug-likeness (QED) is 0.334. The average Bonchev–Trinajstić information content (AvgIpc) is 1.33.